The fraction of sp³-hybridized carbons (Fsp3) is 0.533. The maximum atomic E-state index is 12.7. The number of rotatable bonds is 3. The lowest BCUT2D eigenvalue weighted by Gasteiger charge is -2.33. The van der Waals surface area contributed by atoms with Crippen LogP contribution in [-0.4, -0.2) is 17.6 Å². The minimum atomic E-state index is -4.36. The molecule has 1 aromatic rings. The summed E-state index contributed by atoms with van der Waals surface area (Å²) in [4.78, 5) is 11.1. The molecule has 2 rings (SSSR count). The number of alkyl halides is 3. The first-order chi connectivity index (χ1) is 9.79. The summed E-state index contributed by atoms with van der Waals surface area (Å²) in [5, 5.41) is 12.3. The minimum Gasteiger partial charge on any atom is -0.481 e. The van der Waals surface area contributed by atoms with Gasteiger partial charge in [-0.2, -0.15) is 13.2 Å². The van der Waals surface area contributed by atoms with E-state index in [-0.39, 0.29) is 24.4 Å². The van der Waals surface area contributed by atoms with Gasteiger partial charge in [-0.05, 0) is 43.0 Å². The average Bonchev–Trinajstić information content (AvgIpc) is 2.46. The topological polar surface area (TPSA) is 49.3 Å². The molecule has 0 saturated carbocycles. The highest BCUT2D eigenvalue weighted by atomic mass is 35.5. The van der Waals surface area contributed by atoms with Crippen molar-refractivity contribution in [1.82, 2.24) is 5.32 Å². The molecular weight excluding hydrogens is 319 g/mol. The van der Waals surface area contributed by atoms with Gasteiger partial charge in [-0.1, -0.05) is 19.1 Å². The van der Waals surface area contributed by atoms with Crippen LogP contribution in [0.2, 0.25) is 0 Å². The molecule has 1 aromatic carbocycles. The number of carboxylic acids is 1. The number of benzene rings is 1. The third kappa shape index (κ3) is 4.36. The molecule has 3 atom stereocenters. The summed E-state index contributed by atoms with van der Waals surface area (Å²) in [7, 11) is 0. The second-order valence-corrected chi connectivity index (χ2v) is 5.54. The molecule has 7 heteroatoms. The van der Waals surface area contributed by atoms with Crippen molar-refractivity contribution < 1.29 is 23.1 Å². The molecule has 3 nitrogen and oxygen atoms in total. The van der Waals surface area contributed by atoms with Gasteiger partial charge in [-0.25, -0.2) is 0 Å². The maximum absolute atomic E-state index is 12.7. The number of nitrogens with one attached hydrogen (secondary N) is 1. The summed E-state index contributed by atoms with van der Waals surface area (Å²) >= 11 is 0. The molecule has 0 amide bonds. The highest BCUT2D eigenvalue weighted by Crippen LogP contribution is 2.35. The summed E-state index contributed by atoms with van der Waals surface area (Å²) in [6, 6.07) is 5.01. The highest BCUT2D eigenvalue weighted by molar-refractivity contribution is 5.85. The molecule has 124 valence electrons. The summed E-state index contributed by atoms with van der Waals surface area (Å²) < 4.78 is 38.2. The van der Waals surface area contributed by atoms with Gasteiger partial charge in [0.2, 0.25) is 0 Å². The fourth-order valence-electron chi connectivity index (χ4n) is 2.79. The Kier molecular flexibility index (Phi) is 6.26. The Labute approximate surface area is 133 Å². The normalized spacial score (nSPS) is 23.5. The van der Waals surface area contributed by atoms with E-state index in [4.69, 9.17) is 5.11 Å². The van der Waals surface area contributed by atoms with Crippen LogP contribution in [0.15, 0.2) is 24.3 Å². The second-order valence-electron chi connectivity index (χ2n) is 5.54. The van der Waals surface area contributed by atoms with E-state index in [2.05, 4.69) is 5.32 Å². The number of aliphatic carboxylic acids is 1. The maximum Gasteiger partial charge on any atom is 0.416 e. The van der Waals surface area contributed by atoms with Crippen LogP contribution in [0, 0.1) is 11.8 Å². The monoisotopic (exact) mass is 337 g/mol. The van der Waals surface area contributed by atoms with Gasteiger partial charge in [0.25, 0.3) is 0 Å². The molecule has 1 heterocycles. The van der Waals surface area contributed by atoms with Crippen LogP contribution in [0.3, 0.4) is 0 Å². The zero-order chi connectivity index (χ0) is 15.6. The van der Waals surface area contributed by atoms with Crippen LogP contribution in [0.25, 0.3) is 0 Å². The van der Waals surface area contributed by atoms with Gasteiger partial charge in [0.15, 0.2) is 0 Å². The zero-order valence-corrected chi connectivity index (χ0v) is 12.9. The second kappa shape index (κ2) is 7.33. The van der Waals surface area contributed by atoms with Gasteiger partial charge in [0.1, 0.15) is 0 Å². The van der Waals surface area contributed by atoms with Crippen molar-refractivity contribution in [3.05, 3.63) is 35.4 Å². The molecule has 1 aliphatic heterocycles. The first kappa shape index (κ1) is 18.8. The van der Waals surface area contributed by atoms with E-state index in [0.717, 1.165) is 18.6 Å². The van der Waals surface area contributed by atoms with Gasteiger partial charge in [0, 0.05) is 6.04 Å². The van der Waals surface area contributed by atoms with E-state index in [9.17, 15) is 18.0 Å². The number of carboxylic acid groups (broad SMARTS) is 1. The van der Waals surface area contributed by atoms with E-state index in [1.807, 2.05) is 0 Å². The number of piperidine rings is 1. The SMILES string of the molecule is CC(C(=O)O)[C@@H]1CCN[C@H](c2cccc(C(F)(F)F)c2)C1.Cl. The Morgan fingerprint density at radius 1 is 1.41 bits per heavy atom. The molecule has 2 N–H and O–H groups in total. The van der Waals surface area contributed by atoms with Crippen molar-refractivity contribution in [2.24, 2.45) is 11.8 Å². The molecule has 0 spiro atoms. The van der Waals surface area contributed by atoms with Gasteiger partial charge in [-0.3, -0.25) is 4.79 Å². The number of carbonyl (C=O) groups is 1. The summed E-state index contributed by atoms with van der Waals surface area (Å²) in [5.41, 5.74) is -0.109. The molecule has 22 heavy (non-hydrogen) atoms. The van der Waals surface area contributed by atoms with Crippen LogP contribution < -0.4 is 5.32 Å². The predicted molar refractivity (Wildman–Crippen MR) is 79.0 cm³/mol. The van der Waals surface area contributed by atoms with Crippen LogP contribution in [0.1, 0.15) is 36.9 Å². The largest absolute Gasteiger partial charge is 0.481 e. The fourth-order valence-corrected chi connectivity index (χ4v) is 2.79. The van der Waals surface area contributed by atoms with Crippen molar-refractivity contribution in [3.8, 4) is 0 Å². The first-order valence-corrected chi connectivity index (χ1v) is 6.92. The lowest BCUT2D eigenvalue weighted by Crippen LogP contribution is -2.36. The number of hydrogen-bond donors (Lipinski definition) is 2. The summed E-state index contributed by atoms with van der Waals surface area (Å²) in [6.45, 7) is 2.27. The summed E-state index contributed by atoms with van der Waals surface area (Å²) in [5.74, 6) is -1.37. The van der Waals surface area contributed by atoms with Crippen LogP contribution in [0.4, 0.5) is 13.2 Å². The molecular formula is C15H19ClF3NO2. The number of halogens is 4. The van der Waals surface area contributed by atoms with Crippen molar-refractivity contribution in [3.63, 3.8) is 0 Å². The van der Waals surface area contributed by atoms with E-state index >= 15 is 0 Å². The zero-order valence-electron chi connectivity index (χ0n) is 12.1. The van der Waals surface area contributed by atoms with Gasteiger partial charge in [-0.15, -0.1) is 12.4 Å². The lowest BCUT2D eigenvalue weighted by molar-refractivity contribution is -0.143. The molecule has 1 unspecified atom stereocenters. The third-order valence-corrected chi connectivity index (χ3v) is 4.16. The smallest absolute Gasteiger partial charge is 0.416 e. The molecule has 1 saturated heterocycles. The minimum absolute atomic E-state index is 0. The standard InChI is InChI=1S/C15H18F3NO2.ClH/c1-9(14(20)21)10-5-6-19-13(8-10)11-3-2-4-12(7-11)15(16,17)18;/h2-4,7,9-10,13,19H,5-6,8H2,1H3,(H,20,21);1H/t9?,10-,13+;/m1./s1. The van der Waals surface area contributed by atoms with Gasteiger partial charge in [0.05, 0.1) is 11.5 Å². The van der Waals surface area contributed by atoms with Crippen LogP contribution in [-0.2, 0) is 11.0 Å². The Morgan fingerprint density at radius 2 is 2.09 bits per heavy atom. The van der Waals surface area contributed by atoms with Crippen LogP contribution in [0.5, 0.6) is 0 Å². The van der Waals surface area contributed by atoms with E-state index in [1.54, 1.807) is 13.0 Å². The quantitative estimate of drug-likeness (QED) is 0.879. The van der Waals surface area contributed by atoms with Crippen molar-refractivity contribution in [2.75, 3.05) is 6.54 Å². The molecule has 0 radical (unpaired) electrons. The Hall–Kier alpha value is -1.27. The van der Waals surface area contributed by atoms with Crippen LogP contribution >= 0.6 is 12.4 Å². The predicted octanol–water partition coefficient (Wildman–Crippen LogP) is 3.89. The third-order valence-electron chi connectivity index (χ3n) is 4.16. The first-order valence-electron chi connectivity index (χ1n) is 6.92. The summed E-state index contributed by atoms with van der Waals surface area (Å²) in [6.07, 6.45) is -3.10. The Bertz CT molecular complexity index is 522. The molecule has 0 aliphatic carbocycles. The molecule has 1 aliphatic rings. The number of hydrogen-bond acceptors (Lipinski definition) is 2. The Morgan fingerprint density at radius 3 is 2.68 bits per heavy atom. The highest BCUT2D eigenvalue weighted by Gasteiger charge is 2.33. The van der Waals surface area contributed by atoms with E-state index in [1.165, 1.54) is 6.07 Å². The van der Waals surface area contributed by atoms with E-state index < -0.39 is 23.6 Å². The van der Waals surface area contributed by atoms with Crippen molar-refractivity contribution in [1.29, 1.82) is 0 Å². The average molecular weight is 338 g/mol. The molecule has 0 aromatic heterocycles. The van der Waals surface area contributed by atoms with Gasteiger partial charge < -0.3 is 10.4 Å². The Balaban J connectivity index is 0.00000242. The van der Waals surface area contributed by atoms with E-state index in [0.29, 0.717) is 18.5 Å². The lowest BCUT2D eigenvalue weighted by atomic mass is 9.81. The van der Waals surface area contributed by atoms with Crippen molar-refractivity contribution in [2.45, 2.75) is 32.0 Å². The molecule has 0 bridgehead atoms. The molecule has 1 fully saturated rings. The van der Waals surface area contributed by atoms with Gasteiger partial charge >= 0.3 is 12.1 Å². The van der Waals surface area contributed by atoms with Crippen molar-refractivity contribution >= 4 is 18.4 Å².